The molecule has 0 saturated carbocycles. The summed E-state index contributed by atoms with van der Waals surface area (Å²) in [5.74, 6) is -0.517. The Morgan fingerprint density at radius 1 is 1.19 bits per heavy atom. The van der Waals surface area contributed by atoms with E-state index < -0.39 is 15.9 Å². The van der Waals surface area contributed by atoms with Crippen LogP contribution in [0, 0.1) is 13.8 Å². The van der Waals surface area contributed by atoms with Crippen molar-refractivity contribution in [2.24, 2.45) is 7.05 Å². The van der Waals surface area contributed by atoms with Crippen LogP contribution in [0.3, 0.4) is 0 Å². The topological polar surface area (TPSA) is 80.2 Å². The van der Waals surface area contributed by atoms with Crippen molar-refractivity contribution < 1.29 is 13.2 Å². The van der Waals surface area contributed by atoms with Crippen molar-refractivity contribution in [2.75, 3.05) is 0 Å². The number of aromatic nitrogens is 1. The van der Waals surface area contributed by atoms with E-state index in [1.54, 1.807) is 55.9 Å². The van der Waals surface area contributed by atoms with E-state index in [1.807, 2.05) is 6.07 Å². The van der Waals surface area contributed by atoms with E-state index in [0.717, 1.165) is 5.56 Å². The largest absolute Gasteiger partial charge is 0.347 e. The number of benzene rings is 1. The molecule has 1 heterocycles. The fourth-order valence-electron chi connectivity index (χ4n) is 1.93. The van der Waals surface area contributed by atoms with Gasteiger partial charge in [0.05, 0.1) is 4.90 Å². The minimum Gasteiger partial charge on any atom is -0.347 e. The van der Waals surface area contributed by atoms with Crippen LogP contribution < -0.4 is 10.3 Å². The molecule has 2 rings (SSSR count). The summed E-state index contributed by atoms with van der Waals surface area (Å²) >= 11 is 0. The van der Waals surface area contributed by atoms with Gasteiger partial charge in [-0.1, -0.05) is 12.1 Å². The molecule has 0 aliphatic heterocycles. The molecule has 0 atom stereocenters. The normalized spacial score (nSPS) is 11.4. The van der Waals surface area contributed by atoms with Gasteiger partial charge in [-0.15, -0.1) is 4.83 Å². The standard InChI is InChI=1S/C14H17N3O3S/c1-10-6-7-11(2)13(9-10)21(19,20)16-15-14(18)12-5-4-8-17(12)3/h4-9,16H,1-3H3,(H,15,18). The van der Waals surface area contributed by atoms with Crippen LogP contribution in [0.4, 0.5) is 0 Å². The number of rotatable bonds is 4. The molecule has 0 unspecified atom stereocenters. The summed E-state index contributed by atoms with van der Waals surface area (Å²) < 4.78 is 26.1. The third-order valence-corrected chi connectivity index (χ3v) is 4.50. The van der Waals surface area contributed by atoms with Crippen LogP contribution in [0.1, 0.15) is 21.6 Å². The number of hydrazine groups is 1. The maximum absolute atomic E-state index is 12.2. The average Bonchev–Trinajstić information content (AvgIpc) is 2.85. The average molecular weight is 307 g/mol. The van der Waals surface area contributed by atoms with Crippen molar-refractivity contribution in [3.63, 3.8) is 0 Å². The molecule has 0 saturated heterocycles. The quantitative estimate of drug-likeness (QED) is 0.835. The van der Waals surface area contributed by atoms with Gasteiger partial charge in [-0.25, -0.2) is 8.42 Å². The van der Waals surface area contributed by atoms with Gasteiger partial charge in [-0.3, -0.25) is 10.2 Å². The Labute approximate surface area is 123 Å². The lowest BCUT2D eigenvalue weighted by molar-refractivity contribution is 0.0937. The highest BCUT2D eigenvalue weighted by Gasteiger charge is 2.18. The molecule has 6 nitrogen and oxygen atoms in total. The van der Waals surface area contributed by atoms with Gasteiger partial charge in [0.2, 0.25) is 0 Å². The van der Waals surface area contributed by atoms with Gasteiger partial charge < -0.3 is 4.57 Å². The van der Waals surface area contributed by atoms with Crippen LogP contribution in [-0.4, -0.2) is 18.9 Å². The van der Waals surface area contributed by atoms with Crippen LogP contribution in [0.5, 0.6) is 0 Å². The molecule has 0 bridgehead atoms. The predicted molar refractivity (Wildman–Crippen MR) is 79.1 cm³/mol. The highest BCUT2D eigenvalue weighted by Crippen LogP contribution is 2.16. The molecule has 112 valence electrons. The van der Waals surface area contributed by atoms with Crippen molar-refractivity contribution in [1.82, 2.24) is 14.8 Å². The van der Waals surface area contributed by atoms with Crippen LogP contribution in [0.2, 0.25) is 0 Å². The Morgan fingerprint density at radius 2 is 1.90 bits per heavy atom. The van der Waals surface area contributed by atoms with Crippen LogP contribution in [0.15, 0.2) is 41.4 Å². The minimum atomic E-state index is -3.80. The van der Waals surface area contributed by atoms with E-state index in [4.69, 9.17) is 0 Å². The molecular weight excluding hydrogens is 290 g/mol. The zero-order chi connectivity index (χ0) is 15.6. The van der Waals surface area contributed by atoms with E-state index >= 15 is 0 Å². The first kappa shape index (κ1) is 15.3. The Bertz CT molecular complexity index is 779. The van der Waals surface area contributed by atoms with Crippen LogP contribution >= 0.6 is 0 Å². The summed E-state index contributed by atoms with van der Waals surface area (Å²) in [6.07, 6.45) is 1.70. The smallest absolute Gasteiger partial charge is 0.282 e. The molecule has 7 heteroatoms. The Balaban J connectivity index is 2.17. The second kappa shape index (κ2) is 5.71. The first-order chi connectivity index (χ1) is 9.81. The van der Waals surface area contributed by atoms with Gasteiger partial charge >= 0.3 is 0 Å². The highest BCUT2D eigenvalue weighted by molar-refractivity contribution is 7.89. The van der Waals surface area contributed by atoms with Crippen molar-refractivity contribution in [2.45, 2.75) is 18.7 Å². The van der Waals surface area contributed by atoms with Gasteiger partial charge in [0.25, 0.3) is 15.9 Å². The number of aryl methyl sites for hydroxylation is 3. The van der Waals surface area contributed by atoms with Crippen molar-refractivity contribution in [3.8, 4) is 0 Å². The lowest BCUT2D eigenvalue weighted by atomic mass is 10.2. The second-order valence-electron chi connectivity index (χ2n) is 4.83. The van der Waals surface area contributed by atoms with Crippen molar-refractivity contribution in [1.29, 1.82) is 0 Å². The SMILES string of the molecule is Cc1ccc(C)c(S(=O)(=O)NNC(=O)c2cccn2C)c1. The minimum absolute atomic E-state index is 0.148. The van der Waals surface area contributed by atoms with E-state index in [9.17, 15) is 13.2 Å². The van der Waals surface area contributed by atoms with E-state index in [2.05, 4.69) is 10.3 Å². The Hall–Kier alpha value is -2.12. The fraction of sp³-hybridized carbons (Fsp3) is 0.214. The molecule has 0 fully saturated rings. The van der Waals surface area contributed by atoms with Crippen LogP contribution in [0.25, 0.3) is 0 Å². The molecule has 0 aliphatic rings. The van der Waals surface area contributed by atoms with E-state index in [1.165, 1.54) is 0 Å². The zero-order valence-corrected chi connectivity index (χ0v) is 12.9. The van der Waals surface area contributed by atoms with Gasteiger partial charge in [0, 0.05) is 13.2 Å². The number of nitrogens with zero attached hydrogens (tertiary/aromatic N) is 1. The summed E-state index contributed by atoms with van der Waals surface area (Å²) in [6.45, 7) is 3.51. The van der Waals surface area contributed by atoms with E-state index in [0.29, 0.717) is 11.3 Å². The number of hydrogen-bond donors (Lipinski definition) is 2. The Morgan fingerprint density at radius 3 is 2.52 bits per heavy atom. The first-order valence-electron chi connectivity index (χ1n) is 6.32. The number of amides is 1. The summed E-state index contributed by atoms with van der Waals surface area (Å²) in [5, 5.41) is 0. The second-order valence-corrected chi connectivity index (χ2v) is 6.48. The lowest BCUT2D eigenvalue weighted by Crippen LogP contribution is -2.42. The molecule has 2 N–H and O–H groups in total. The molecule has 21 heavy (non-hydrogen) atoms. The van der Waals surface area contributed by atoms with Crippen molar-refractivity contribution >= 4 is 15.9 Å². The monoisotopic (exact) mass is 307 g/mol. The molecule has 1 aromatic carbocycles. The Kier molecular flexibility index (Phi) is 4.15. The number of sulfonamides is 1. The van der Waals surface area contributed by atoms with Crippen LogP contribution in [-0.2, 0) is 17.1 Å². The van der Waals surface area contributed by atoms with E-state index in [-0.39, 0.29) is 4.90 Å². The predicted octanol–water partition coefficient (Wildman–Crippen LogP) is 1.27. The summed E-state index contributed by atoms with van der Waals surface area (Å²) in [6, 6.07) is 8.42. The summed E-state index contributed by atoms with van der Waals surface area (Å²) in [5.41, 5.74) is 4.01. The maximum atomic E-state index is 12.2. The van der Waals surface area contributed by atoms with Gasteiger partial charge in [0.1, 0.15) is 5.69 Å². The van der Waals surface area contributed by atoms with Crippen molar-refractivity contribution in [3.05, 3.63) is 53.3 Å². The molecule has 0 spiro atoms. The van der Waals surface area contributed by atoms with Gasteiger partial charge in [-0.05, 0) is 43.2 Å². The summed E-state index contributed by atoms with van der Waals surface area (Å²) in [4.78, 5) is 14.2. The van der Waals surface area contributed by atoms with Gasteiger partial charge in [-0.2, -0.15) is 0 Å². The third kappa shape index (κ3) is 3.32. The molecule has 0 radical (unpaired) electrons. The fourth-order valence-corrected chi connectivity index (χ4v) is 3.10. The first-order valence-corrected chi connectivity index (χ1v) is 7.80. The number of nitrogens with one attached hydrogen (secondary N) is 2. The molecule has 0 aliphatic carbocycles. The number of hydrogen-bond acceptors (Lipinski definition) is 3. The zero-order valence-electron chi connectivity index (χ0n) is 12.0. The lowest BCUT2D eigenvalue weighted by Gasteiger charge is -2.11. The molecule has 1 amide bonds. The number of carbonyl (C=O) groups is 1. The highest BCUT2D eigenvalue weighted by atomic mass is 32.2. The number of carbonyl (C=O) groups excluding carboxylic acids is 1. The van der Waals surface area contributed by atoms with Gasteiger partial charge in [0.15, 0.2) is 0 Å². The third-order valence-electron chi connectivity index (χ3n) is 3.11. The summed E-state index contributed by atoms with van der Waals surface area (Å²) in [7, 11) is -2.10. The molecule has 1 aromatic heterocycles. The molecule has 2 aromatic rings. The maximum Gasteiger partial charge on any atom is 0.282 e. The molecular formula is C14H17N3O3S.